The second-order valence-electron chi connectivity index (χ2n) is 4.33. The molecule has 2 rings (SSSR count). The number of nitrogens with one attached hydrogen (secondary N) is 1. The van der Waals surface area contributed by atoms with Gasteiger partial charge >= 0.3 is 5.97 Å². The monoisotopic (exact) mass is 343 g/mol. The van der Waals surface area contributed by atoms with Gasteiger partial charge in [0.25, 0.3) is 0 Å². The van der Waals surface area contributed by atoms with Crippen molar-refractivity contribution in [3.63, 3.8) is 0 Å². The van der Waals surface area contributed by atoms with Gasteiger partial charge in [0, 0.05) is 5.56 Å². The van der Waals surface area contributed by atoms with Gasteiger partial charge in [-0.05, 0) is 12.1 Å². The molecular formula is C13H11F2N3O4S. The Morgan fingerprint density at radius 3 is 2.87 bits per heavy atom. The first-order chi connectivity index (χ1) is 10.9. The molecule has 23 heavy (non-hydrogen) atoms. The molecule has 0 aromatic heterocycles. The molecule has 0 spiro atoms. The summed E-state index contributed by atoms with van der Waals surface area (Å²) >= 11 is 0.903. The van der Waals surface area contributed by atoms with E-state index >= 15 is 0 Å². The fraction of sp³-hybridized carbons (Fsp3) is 0.231. The summed E-state index contributed by atoms with van der Waals surface area (Å²) in [4.78, 5) is 22.0. The first-order valence-corrected chi connectivity index (χ1v) is 7.12. The minimum Gasteiger partial charge on any atom is -0.494 e. The molecule has 1 aromatic rings. The number of carboxylic acid groups (broad SMARTS) is 1. The van der Waals surface area contributed by atoms with Gasteiger partial charge < -0.3 is 15.2 Å². The molecule has 1 unspecified atom stereocenters. The van der Waals surface area contributed by atoms with Gasteiger partial charge in [-0.25, -0.2) is 4.39 Å². The molecule has 10 heteroatoms. The lowest BCUT2D eigenvalue weighted by Crippen LogP contribution is -2.26. The molecule has 1 atom stereocenters. The highest BCUT2D eigenvalue weighted by Crippen LogP contribution is 2.23. The largest absolute Gasteiger partial charge is 0.494 e. The molecule has 1 aliphatic heterocycles. The van der Waals surface area contributed by atoms with Gasteiger partial charge in [-0.15, -0.1) is 5.10 Å². The van der Waals surface area contributed by atoms with Crippen molar-refractivity contribution < 1.29 is 28.2 Å². The third-order valence-corrected chi connectivity index (χ3v) is 3.85. The minimum atomic E-state index is -1.14. The Morgan fingerprint density at radius 1 is 1.48 bits per heavy atom. The zero-order valence-electron chi connectivity index (χ0n) is 11.7. The van der Waals surface area contributed by atoms with Crippen LogP contribution in [0.25, 0.3) is 0 Å². The van der Waals surface area contributed by atoms with E-state index in [9.17, 15) is 18.4 Å². The molecule has 1 heterocycles. The molecule has 0 bridgehead atoms. The van der Waals surface area contributed by atoms with E-state index in [1.54, 1.807) is 0 Å². The fourth-order valence-electron chi connectivity index (χ4n) is 1.69. The summed E-state index contributed by atoms with van der Waals surface area (Å²) in [5.41, 5.74) is -0.149. The van der Waals surface area contributed by atoms with Gasteiger partial charge in [0.2, 0.25) is 11.7 Å². The van der Waals surface area contributed by atoms with Crippen LogP contribution >= 0.6 is 11.8 Å². The summed E-state index contributed by atoms with van der Waals surface area (Å²) in [7, 11) is 1.21. The highest BCUT2D eigenvalue weighted by atomic mass is 32.2. The number of amidine groups is 1. The molecule has 0 saturated carbocycles. The summed E-state index contributed by atoms with van der Waals surface area (Å²) in [6.45, 7) is 0. The number of aliphatic carboxylic acids is 1. The van der Waals surface area contributed by atoms with Crippen LogP contribution in [0.1, 0.15) is 12.0 Å². The number of benzene rings is 1. The standard InChI is InChI=1S/C13H11F2N3O4S/c1-22-7-3-2-6(10(14)11(7)15)5-16-18-13-17-12(21)8(23-13)4-9(19)20/h2-3,5,8H,4H2,1H3,(H,19,20)(H,17,18,21). The highest BCUT2D eigenvalue weighted by molar-refractivity contribution is 8.15. The molecule has 0 radical (unpaired) electrons. The number of carboxylic acids is 1. The van der Waals surface area contributed by atoms with E-state index in [1.807, 2.05) is 0 Å². The van der Waals surface area contributed by atoms with Crippen molar-refractivity contribution in [2.24, 2.45) is 10.2 Å². The van der Waals surface area contributed by atoms with E-state index in [2.05, 4.69) is 20.3 Å². The van der Waals surface area contributed by atoms with Crippen LogP contribution in [0.15, 0.2) is 22.3 Å². The van der Waals surface area contributed by atoms with Crippen LogP contribution in [0.4, 0.5) is 8.78 Å². The Kier molecular flexibility index (Phi) is 5.27. The van der Waals surface area contributed by atoms with Crippen LogP contribution in [0.5, 0.6) is 5.75 Å². The third-order valence-electron chi connectivity index (χ3n) is 2.78. The number of hydrogen-bond donors (Lipinski definition) is 2. The Bertz CT molecular complexity index is 709. The Morgan fingerprint density at radius 2 is 2.22 bits per heavy atom. The third kappa shape index (κ3) is 4.03. The summed E-state index contributed by atoms with van der Waals surface area (Å²) < 4.78 is 31.8. The van der Waals surface area contributed by atoms with Gasteiger partial charge in [-0.1, -0.05) is 11.8 Å². The van der Waals surface area contributed by atoms with Crippen LogP contribution in [0.2, 0.25) is 0 Å². The normalized spacial score (nSPS) is 19.3. The van der Waals surface area contributed by atoms with Gasteiger partial charge in [0.1, 0.15) is 5.25 Å². The first-order valence-electron chi connectivity index (χ1n) is 6.24. The highest BCUT2D eigenvalue weighted by Gasteiger charge is 2.32. The second kappa shape index (κ2) is 7.18. The molecule has 1 amide bonds. The van der Waals surface area contributed by atoms with Crippen molar-refractivity contribution >= 4 is 35.0 Å². The molecule has 1 saturated heterocycles. The van der Waals surface area contributed by atoms with E-state index in [1.165, 1.54) is 19.2 Å². The maximum Gasteiger partial charge on any atom is 0.305 e. The van der Waals surface area contributed by atoms with Gasteiger partial charge in [0.05, 0.1) is 19.7 Å². The minimum absolute atomic E-state index is 0.0897. The number of nitrogens with zero attached hydrogens (tertiary/aromatic N) is 2. The number of rotatable bonds is 5. The average molecular weight is 343 g/mol. The lowest BCUT2D eigenvalue weighted by Gasteiger charge is -2.03. The average Bonchev–Trinajstić information content (AvgIpc) is 2.83. The van der Waals surface area contributed by atoms with Crippen molar-refractivity contribution in [3.05, 3.63) is 29.3 Å². The number of ether oxygens (including phenoxy) is 1. The maximum absolute atomic E-state index is 13.7. The topological polar surface area (TPSA) is 100 Å². The van der Waals surface area contributed by atoms with Crippen molar-refractivity contribution in [1.82, 2.24) is 5.32 Å². The molecule has 1 fully saturated rings. The van der Waals surface area contributed by atoms with Crippen molar-refractivity contribution in [1.29, 1.82) is 0 Å². The molecule has 7 nitrogen and oxygen atoms in total. The molecular weight excluding hydrogens is 332 g/mol. The molecule has 1 aliphatic rings. The first kappa shape index (κ1) is 16.9. The smallest absolute Gasteiger partial charge is 0.305 e. The van der Waals surface area contributed by atoms with Crippen LogP contribution in [-0.2, 0) is 9.59 Å². The maximum atomic E-state index is 13.7. The number of amides is 1. The van der Waals surface area contributed by atoms with Crippen molar-refractivity contribution in [2.45, 2.75) is 11.7 Å². The Balaban J connectivity index is 2.09. The fourth-order valence-corrected chi connectivity index (χ4v) is 2.61. The molecule has 0 aliphatic carbocycles. The van der Waals surface area contributed by atoms with Crippen LogP contribution < -0.4 is 10.1 Å². The predicted molar refractivity (Wildman–Crippen MR) is 79.7 cm³/mol. The second-order valence-corrected chi connectivity index (χ2v) is 5.52. The molecule has 2 N–H and O–H groups in total. The summed E-state index contributed by atoms with van der Waals surface area (Å²) in [5.74, 6) is -4.12. The van der Waals surface area contributed by atoms with E-state index in [0.29, 0.717) is 0 Å². The summed E-state index contributed by atoms with van der Waals surface area (Å²) in [6, 6.07) is 2.50. The van der Waals surface area contributed by atoms with Crippen molar-refractivity contribution in [3.8, 4) is 5.75 Å². The Labute approximate surface area is 133 Å². The molecule has 1 aromatic carbocycles. The lowest BCUT2D eigenvalue weighted by atomic mass is 10.2. The zero-order valence-corrected chi connectivity index (χ0v) is 12.6. The lowest BCUT2D eigenvalue weighted by molar-refractivity contribution is -0.138. The number of methoxy groups -OCH3 is 1. The van der Waals surface area contributed by atoms with Crippen molar-refractivity contribution in [2.75, 3.05) is 7.11 Å². The van der Waals surface area contributed by atoms with E-state index in [-0.39, 0.29) is 22.9 Å². The van der Waals surface area contributed by atoms with Gasteiger partial charge in [-0.2, -0.15) is 9.49 Å². The number of thioether (sulfide) groups is 1. The summed E-state index contributed by atoms with van der Waals surface area (Å²) in [6.07, 6.45) is 0.625. The number of halogens is 2. The van der Waals surface area contributed by atoms with E-state index in [0.717, 1.165) is 18.0 Å². The number of carbonyl (C=O) groups is 2. The predicted octanol–water partition coefficient (Wildman–Crippen LogP) is 1.37. The Hall–Kier alpha value is -2.49. The van der Waals surface area contributed by atoms with Gasteiger partial charge in [0.15, 0.2) is 16.7 Å². The quantitative estimate of drug-likeness (QED) is 0.621. The summed E-state index contributed by atoms with van der Waals surface area (Å²) in [5, 5.41) is 17.5. The van der Waals surface area contributed by atoms with Crippen LogP contribution in [0.3, 0.4) is 0 Å². The number of hydrogen-bond acceptors (Lipinski definition) is 6. The van der Waals surface area contributed by atoms with Crippen LogP contribution in [0, 0.1) is 11.6 Å². The van der Waals surface area contributed by atoms with Crippen LogP contribution in [-0.4, -0.2) is 40.7 Å². The SMILES string of the molecule is COc1ccc(C=NN=C2NC(=O)C(CC(=O)O)S2)c(F)c1F. The van der Waals surface area contributed by atoms with E-state index < -0.39 is 28.8 Å². The van der Waals surface area contributed by atoms with Gasteiger partial charge in [-0.3, -0.25) is 9.59 Å². The molecule has 122 valence electrons. The number of carbonyl (C=O) groups excluding carboxylic acids is 1. The zero-order chi connectivity index (χ0) is 17.0. The van der Waals surface area contributed by atoms with E-state index in [4.69, 9.17) is 5.11 Å².